The topological polar surface area (TPSA) is 74.0 Å². The molecule has 1 heterocycles. The van der Waals surface area contributed by atoms with Crippen molar-refractivity contribution in [2.45, 2.75) is 38.3 Å². The van der Waals surface area contributed by atoms with Crippen LogP contribution in [-0.2, 0) is 16.0 Å². The Bertz CT molecular complexity index is 673. The van der Waals surface area contributed by atoms with Crippen LogP contribution in [0.1, 0.15) is 25.3 Å². The molecular formula is C16H19N3O2. The fourth-order valence-corrected chi connectivity index (χ4v) is 2.50. The van der Waals surface area contributed by atoms with Crippen molar-refractivity contribution in [2.24, 2.45) is 0 Å². The highest BCUT2D eigenvalue weighted by atomic mass is 16.2. The number of aromatic amines is 1. The minimum Gasteiger partial charge on any atom is -0.361 e. The highest BCUT2D eigenvalue weighted by Crippen LogP contribution is 2.21. The van der Waals surface area contributed by atoms with Gasteiger partial charge in [-0.05, 0) is 24.5 Å². The normalized spacial score (nSPS) is 15.7. The lowest BCUT2D eigenvalue weighted by Crippen LogP contribution is -2.47. The highest BCUT2D eigenvalue weighted by molar-refractivity contribution is 5.89. The molecule has 0 aliphatic heterocycles. The van der Waals surface area contributed by atoms with Crippen molar-refractivity contribution in [3.05, 3.63) is 36.0 Å². The third-order valence-electron chi connectivity index (χ3n) is 3.72. The van der Waals surface area contributed by atoms with Gasteiger partial charge in [0.25, 0.3) is 0 Å². The van der Waals surface area contributed by atoms with Crippen LogP contribution in [-0.4, -0.2) is 28.9 Å². The van der Waals surface area contributed by atoms with E-state index in [2.05, 4.69) is 15.6 Å². The molecule has 1 aromatic carbocycles. The quantitative estimate of drug-likeness (QED) is 0.778. The number of nitrogens with one attached hydrogen (secondary N) is 3. The first-order valence-electron chi connectivity index (χ1n) is 7.26. The molecule has 5 heteroatoms. The van der Waals surface area contributed by atoms with Gasteiger partial charge < -0.3 is 15.6 Å². The van der Waals surface area contributed by atoms with Gasteiger partial charge in [-0.25, -0.2) is 0 Å². The van der Waals surface area contributed by atoms with Crippen LogP contribution in [0.3, 0.4) is 0 Å². The maximum absolute atomic E-state index is 12.3. The molecule has 3 rings (SSSR count). The third kappa shape index (κ3) is 3.24. The van der Waals surface area contributed by atoms with Gasteiger partial charge >= 0.3 is 0 Å². The van der Waals surface area contributed by atoms with E-state index in [1.807, 2.05) is 30.5 Å². The maximum Gasteiger partial charge on any atom is 0.243 e. The number of hydrogen-bond donors (Lipinski definition) is 3. The van der Waals surface area contributed by atoms with Crippen molar-refractivity contribution in [3.8, 4) is 0 Å². The molecule has 1 saturated carbocycles. The Balaban J connectivity index is 1.79. The Hall–Kier alpha value is -2.30. The van der Waals surface area contributed by atoms with Crippen LogP contribution in [0.25, 0.3) is 10.9 Å². The summed E-state index contributed by atoms with van der Waals surface area (Å²) in [5.41, 5.74) is 2.08. The Morgan fingerprint density at radius 2 is 2.10 bits per heavy atom. The molecule has 0 bridgehead atoms. The molecule has 1 atom stereocenters. The average Bonchev–Trinajstić information content (AvgIpc) is 3.17. The molecule has 0 spiro atoms. The standard InChI is InChI=1S/C16H19N3O2/c1-10(20)18-15(16(21)19-12-6-7-12)8-11-9-17-14-5-3-2-4-13(11)14/h2-5,9,12,15,17H,6-8H2,1H3,(H,18,20)(H,19,21)/t15-/m0/s1. The minimum atomic E-state index is -0.526. The van der Waals surface area contributed by atoms with Gasteiger partial charge in [-0.1, -0.05) is 18.2 Å². The van der Waals surface area contributed by atoms with Crippen LogP contribution in [0, 0.1) is 0 Å². The average molecular weight is 285 g/mol. The molecule has 0 unspecified atom stereocenters. The smallest absolute Gasteiger partial charge is 0.243 e. The minimum absolute atomic E-state index is 0.0991. The van der Waals surface area contributed by atoms with Crippen molar-refractivity contribution >= 4 is 22.7 Å². The van der Waals surface area contributed by atoms with E-state index in [4.69, 9.17) is 0 Å². The number of carbonyl (C=O) groups is 2. The van der Waals surface area contributed by atoms with Gasteiger partial charge in [-0.2, -0.15) is 0 Å². The van der Waals surface area contributed by atoms with Crippen LogP contribution in [0.5, 0.6) is 0 Å². The molecule has 1 aliphatic rings. The first kappa shape index (κ1) is 13.7. The fraction of sp³-hybridized carbons (Fsp3) is 0.375. The molecule has 3 N–H and O–H groups in total. The van der Waals surface area contributed by atoms with E-state index >= 15 is 0 Å². The van der Waals surface area contributed by atoms with Crippen LogP contribution in [0.4, 0.5) is 0 Å². The molecule has 2 aromatic rings. The third-order valence-corrected chi connectivity index (χ3v) is 3.72. The molecule has 1 fully saturated rings. The highest BCUT2D eigenvalue weighted by Gasteiger charge is 2.28. The lowest BCUT2D eigenvalue weighted by Gasteiger charge is -2.17. The number of amides is 2. The lowest BCUT2D eigenvalue weighted by molar-refractivity contribution is -0.128. The molecule has 0 saturated heterocycles. The SMILES string of the molecule is CC(=O)N[C@@H](Cc1c[nH]c2ccccc12)C(=O)NC1CC1. The molecule has 110 valence electrons. The Morgan fingerprint density at radius 1 is 1.33 bits per heavy atom. The fourth-order valence-electron chi connectivity index (χ4n) is 2.50. The summed E-state index contributed by atoms with van der Waals surface area (Å²) in [4.78, 5) is 26.8. The van der Waals surface area contributed by atoms with E-state index in [1.165, 1.54) is 6.92 Å². The van der Waals surface area contributed by atoms with E-state index < -0.39 is 6.04 Å². The number of fused-ring (bicyclic) bond motifs is 1. The summed E-state index contributed by atoms with van der Waals surface area (Å²) in [6.07, 6.45) is 4.46. The predicted molar refractivity (Wildman–Crippen MR) is 80.8 cm³/mol. The van der Waals surface area contributed by atoms with E-state index in [0.717, 1.165) is 29.3 Å². The molecule has 1 aromatic heterocycles. The lowest BCUT2D eigenvalue weighted by atomic mass is 10.0. The summed E-state index contributed by atoms with van der Waals surface area (Å²) < 4.78 is 0. The van der Waals surface area contributed by atoms with Crippen LogP contribution < -0.4 is 10.6 Å². The Morgan fingerprint density at radius 3 is 2.81 bits per heavy atom. The van der Waals surface area contributed by atoms with E-state index in [9.17, 15) is 9.59 Å². The largest absolute Gasteiger partial charge is 0.361 e. The molecule has 1 aliphatic carbocycles. The van der Waals surface area contributed by atoms with Crippen molar-refractivity contribution in [2.75, 3.05) is 0 Å². The summed E-state index contributed by atoms with van der Waals surface area (Å²) in [5.74, 6) is -0.288. The molecule has 0 radical (unpaired) electrons. The number of carbonyl (C=O) groups excluding carboxylic acids is 2. The van der Waals surface area contributed by atoms with Crippen molar-refractivity contribution in [3.63, 3.8) is 0 Å². The predicted octanol–water partition coefficient (Wildman–Crippen LogP) is 1.49. The molecule has 2 amide bonds. The maximum atomic E-state index is 12.3. The van der Waals surface area contributed by atoms with Crippen molar-refractivity contribution in [1.29, 1.82) is 0 Å². The second kappa shape index (κ2) is 5.60. The van der Waals surface area contributed by atoms with Gasteiger partial charge in [-0.3, -0.25) is 9.59 Å². The van der Waals surface area contributed by atoms with Crippen molar-refractivity contribution < 1.29 is 9.59 Å². The van der Waals surface area contributed by atoms with Crippen LogP contribution >= 0.6 is 0 Å². The second-order valence-electron chi connectivity index (χ2n) is 5.60. The van der Waals surface area contributed by atoms with Crippen LogP contribution in [0.15, 0.2) is 30.5 Å². The summed E-state index contributed by atoms with van der Waals surface area (Å²) in [5, 5.41) is 6.80. The molecular weight excluding hydrogens is 266 g/mol. The van der Waals surface area contributed by atoms with Crippen molar-refractivity contribution in [1.82, 2.24) is 15.6 Å². The number of H-pyrrole nitrogens is 1. The Labute approximate surface area is 123 Å². The number of hydrogen-bond acceptors (Lipinski definition) is 2. The van der Waals surface area contributed by atoms with E-state index in [1.54, 1.807) is 0 Å². The summed E-state index contributed by atoms with van der Waals surface area (Å²) in [6.45, 7) is 1.44. The van der Waals surface area contributed by atoms with Gasteiger partial charge in [-0.15, -0.1) is 0 Å². The van der Waals surface area contributed by atoms with Gasteiger partial charge in [0, 0.05) is 36.5 Å². The summed E-state index contributed by atoms with van der Waals surface area (Å²) in [6, 6.07) is 7.71. The zero-order chi connectivity index (χ0) is 14.8. The van der Waals surface area contributed by atoms with Gasteiger partial charge in [0.15, 0.2) is 0 Å². The van der Waals surface area contributed by atoms with E-state index in [-0.39, 0.29) is 17.9 Å². The zero-order valence-electron chi connectivity index (χ0n) is 12.0. The summed E-state index contributed by atoms with van der Waals surface area (Å²) >= 11 is 0. The van der Waals surface area contributed by atoms with E-state index in [0.29, 0.717) is 6.42 Å². The molecule has 21 heavy (non-hydrogen) atoms. The molecule has 5 nitrogen and oxygen atoms in total. The van der Waals surface area contributed by atoms with Gasteiger partial charge in [0.1, 0.15) is 6.04 Å². The number of para-hydroxylation sites is 1. The Kier molecular flexibility index (Phi) is 3.64. The first-order valence-corrected chi connectivity index (χ1v) is 7.26. The van der Waals surface area contributed by atoms with Gasteiger partial charge in [0.2, 0.25) is 11.8 Å². The second-order valence-corrected chi connectivity index (χ2v) is 5.60. The zero-order valence-corrected chi connectivity index (χ0v) is 12.0. The van der Waals surface area contributed by atoms with Crippen LogP contribution in [0.2, 0.25) is 0 Å². The number of rotatable bonds is 5. The number of aromatic nitrogens is 1. The first-order chi connectivity index (χ1) is 10.1. The summed E-state index contributed by atoms with van der Waals surface area (Å²) in [7, 11) is 0. The monoisotopic (exact) mass is 285 g/mol. The van der Waals surface area contributed by atoms with Gasteiger partial charge in [0.05, 0.1) is 0 Å². The number of benzene rings is 1.